The molecule has 2 fully saturated rings. The largest absolute Gasteiger partial charge is 0.522 e. The monoisotopic (exact) mass is 562 g/mol. The number of benzene rings is 1. The van der Waals surface area contributed by atoms with E-state index < -0.39 is 46.1 Å². The highest BCUT2D eigenvalue weighted by molar-refractivity contribution is 7.89. The molecule has 14 heteroatoms. The van der Waals surface area contributed by atoms with Crippen molar-refractivity contribution in [3.63, 3.8) is 0 Å². The van der Waals surface area contributed by atoms with Crippen LogP contribution in [-0.4, -0.2) is 61.8 Å². The minimum absolute atomic E-state index is 0.0611. The maximum Gasteiger partial charge on any atom is 0.522 e. The number of hydrogen-bond acceptors (Lipinski definition) is 6. The molecule has 0 aliphatic carbocycles. The maximum absolute atomic E-state index is 14.5. The molecule has 1 N–H and O–H groups in total. The second kappa shape index (κ2) is 11.1. The fourth-order valence-electron chi connectivity index (χ4n) is 4.76. The van der Waals surface area contributed by atoms with Gasteiger partial charge in [0.1, 0.15) is 11.9 Å². The van der Waals surface area contributed by atoms with Crippen LogP contribution in [0.3, 0.4) is 0 Å². The number of nitrogens with zero attached hydrogens (tertiary/aromatic N) is 3. The molecule has 208 valence electrons. The van der Waals surface area contributed by atoms with Gasteiger partial charge in [-0.15, -0.1) is 13.2 Å². The van der Waals surface area contributed by atoms with E-state index >= 15 is 0 Å². The zero-order valence-corrected chi connectivity index (χ0v) is 21.2. The molecule has 0 bridgehead atoms. The third kappa shape index (κ3) is 6.59. The van der Waals surface area contributed by atoms with Crippen molar-refractivity contribution >= 4 is 21.6 Å². The van der Waals surface area contributed by atoms with Crippen molar-refractivity contribution in [3.8, 4) is 0 Å². The summed E-state index contributed by atoms with van der Waals surface area (Å²) in [7, 11) is -4.06. The summed E-state index contributed by atoms with van der Waals surface area (Å²) in [6.45, 7) is 2.10. The van der Waals surface area contributed by atoms with E-state index in [1.807, 2.05) is 6.92 Å². The first kappa shape index (κ1) is 28.2. The highest BCUT2D eigenvalue weighted by Crippen LogP contribution is 2.31. The van der Waals surface area contributed by atoms with Gasteiger partial charge < -0.3 is 10.2 Å². The summed E-state index contributed by atoms with van der Waals surface area (Å²) < 4.78 is 96.6. The second-order valence-electron chi connectivity index (χ2n) is 9.48. The Hall–Kier alpha value is -2.84. The van der Waals surface area contributed by atoms with E-state index in [0.717, 1.165) is 34.8 Å². The van der Waals surface area contributed by atoms with Gasteiger partial charge in [-0.2, -0.15) is 4.31 Å². The molecule has 4 rings (SSSR count). The molecule has 1 aromatic carbocycles. The number of hydrogen-bond donors (Lipinski definition) is 1. The SMILES string of the molecule is CC1CC(C(=O)NCc2cc(N3CCC(OC(F)(F)F)CC3)c(F)cn2)N(S(=O)(=O)c2ccc(F)cc2)C1. The lowest BCUT2D eigenvalue weighted by atomic mass is 10.1. The van der Waals surface area contributed by atoms with Crippen LogP contribution in [0.4, 0.5) is 27.6 Å². The van der Waals surface area contributed by atoms with Crippen LogP contribution in [0.15, 0.2) is 41.4 Å². The number of sulfonamides is 1. The van der Waals surface area contributed by atoms with E-state index in [1.54, 1.807) is 4.90 Å². The summed E-state index contributed by atoms with van der Waals surface area (Å²) in [4.78, 5) is 18.5. The predicted octanol–water partition coefficient (Wildman–Crippen LogP) is 3.58. The number of ether oxygens (including phenoxy) is 1. The number of halogens is 5. The van der Waals surface area contributed by atoms with Crippen molar-refractivity contribution in [1.82, 2.24) is 14.6 Å². The number of aromatic nitrogens is 1. The molecule has 2 aliphatic rings. The average Bonchev–Trinajstić information content (AvgIpc) is 3.26. The van der Waals surface area contributed by atoms with Crippen molar-refractivity contribution in [2.75, 3.05) is 24.5 Å². The summed E-state index contributed by atoms with van der Waals surface area (Å²) in [6, 6.07) is 4.77. The summed E-state index contributed by atoms with van der Waals surface area (Å²) in [5, 5.41) is 2.65. The standard InChI is InChI=1S/C24H27F5N4O4S/c1-15-10-22(33(14-15)38(35,36)19-4-2-16(25)3-5-19)23(34)31-12-17-11-21(20(26)13-30-17)32-8-6-18(7-9-32)37-24(27,28)29/h2-5,11,13,15,18,22H,6-10,12,14H2,1H3,(H,31,34). The molecule has 1 aromatic heterocycles. The quantitative estimate of drug-likeness (QED) is 0.519. The fourth-order valence-corrected chi connectivity index (χ4v) is 6.48. The molecule has 3 heterocycles. The lowest BCUT2D eigenvalue weighted by Gasteiger charge is -2.34. The Labute approximate surface area is 216 Å². The van der Waals surface area contributed by atoms with Crippen molar-refractivity contribution in [1.29, 1.82) is 0 Å². The topological polar surface area (TPSA) is 91.8 Å². The zero-order valence-electron chi connectivity index (χ0n) is 20.4. The summed E-state index contributed by atoms with van der Waals surface area (Å²) >= 11 is 0. The van der Waals surface area contributed by atoms with E-state index in [9.17, 15) is 35.2 Å². The van der Waals surface area contributed by atoms with Gasteiger partial charge in [0.2, 0.25) is 15.9 Å². The Morgan fingerprint density at radius 2 is 1.82 bits per heavy atom. The van der Waals surface area contributed by atoms with Gasteiger partial charge in [-0.3, -0.25) is 14.5 Å². The molecule has 1 amide bonds. The molecular formula is C24H27F5N4O4S. The Morgan fingerprint density at radius 3 is 2.45 bits per heavy atom. The molecular weight excluding hydrogens is 535 g/mol. The van der Waals surface area contributed by atoms with Crippen LogP contribution in [0, 0.1) is 17.6 Å². The van der Waals surface area contributed by atoms with Crippen molar-refractivity contribution in [3.05, 3.63) is 53.9 Å². The number of carbonyl (C=O) groups is 1. The summed E-state index contributed by atoms with van der Waals surface area (Å²) in [5.74, 6) is -1.90. The molecule has 8 nitrogen and oxygen atoms in total. The van der Waals surface area contributed by atoms with Crippen LogP contribution < -0.4 is 10.2 Å². The van der Waals surface area contributed by atoms with Crippen LogP contribution in [0.1, 0.15) is 31.9 Å². The zero-order chi connectivity index (χ0) is 27.7. The summed E-state index contributed by atoms with van der Waals surface area (Å²) in [5.41, 5.74) is 0.437. The van der Waals surface area contributed by atoms with E-state index in [2.05, 4.69) is 15.0 Å². The Morgan fingerprint density at radius 1 is 1.16 bits per heavy atom. The molecule has 0 saturated carbocycles. The van der Waals surface area contributed by atoms with Gasteiger partial charge in [0, 0.05) is 19.6 Å². The van der Waals surface area contributed by atoms with Gasteiger partial charge in [-0.25, -0.2) is 17.2 Å². The fraction of sp³-hybridized carbons (Fsp3) is 0.500. The number of anilines is 1. The number of alkyl halides is 3. The molecule has 2 atom stereocenters. The third-order valence-corrected chi connectivity index (χ3v) is 8.50. The first-order valence-corrected chi connectivity index (χ1v) is 13.5. The first-order valence-electron chi connectivity index (χ1n) is 12.0. The molecule has 0 radical (unpaired) electrons. The molecule has 2 aliphatic heterocycles. The van der Waals surface area contributed by atoms with Gasteiger partial charge in [-0.1, -0.05) is 6.92 Å². The van der Waals surface area contributed by atoms with E-state index in [-0.39, 0.29) is 61.9 Å². The van der Waals surface area contributed by atoms with E-state index in [1.165, 1.54) is 6.07 Å². The first-order chi connectivity index (χ1) is 17.8. The number of pyridine rings is 1. The van der Waals surface area contributed by atoms with Crippen LogP contribution in [0.5, 0.6) is 0 Å². The van der Waals surface area contributed by atoms with Crippen molar-refractivity contribution in [2.24, 2.45) is 5.92 Å². The highest BCUT2D eigenvalue weighted by Gasteiger charge is 2.42. The van der Waals surface area contributed by atoms with Gasteiger partial charge >= 0.3 is 6.36 Å². The molecule has 0 spiro atoms. The Bertz CT molecular complexity index is 1250. The molecule has 2 aromatic rings. The molecule has 2 unspecified atom stereocenters. The van der Waals surface area contributed by atoms with Gasteiger partial charge in [0.05, 0.1) is 35.1 Å². The van der Waals surface area contributed by atoms with Crippen molar-refractivity contribution < 1.29 is 39.9 Å². The molecule has 2 saturated heterocycles. The third-order valence-electron chi connectivity index (χ3n) is 6.61. The van der Waals surface area contributed by atoms with Crippen LogP contribution in [0.2, 0.25) is 0 Å². The number of amides is 1. The van der Waals surface area contributed by atoms with Crippen LogP contribution in [0.25, 0.3) is 0 Å². The number of rotatable bonds is 7. The number of carbonyl (C=O) groups excluding carboxylic acids is 1. The maximum atomic E-state index is 14.5. The molecule has 38 heavy (non-hydrogen) atoms. The van der Waals surface area contributed by atoms with Crippen LogP contribution >= 0.6 is 0 Å². The summed E-state index contributed by atoms with van der Waals surface area (Å²) in [6.07, 6.45) is -4.36. The smallest absolute Gasteiger partial charge is 0.369 e. The minimum Gasteiger partial charge on any atom is -0.369 e. The van der Waals surface area contributed by atoms with Gasteiger partial charge in [0.15, 0.2) is 5.82 Å². The minimum atomic E-state index is -4.73. The Kier molecular flexibility index (Phi) is 8.23. The highest BCUT2D eigenvalue weighted by atomic mass is 32.2. The number of nitrogens with one attached hydrogen (secondary N) is 1. The number of piperidine rings is 1. The van der Waals surface area contributed by atoms with Crippen molar-refractivity contribution in [2.45, 2.75) is 56.1 Å². The van der Waals surface area contributed by atoms with Gasteiger partial charge in [0.25, 0.3) is 0 Å². The normalized spacial score (nSPS) is 21.6. The predicted molar refractivity (Wildman–Crippen MR) is 126 cm³/mol. The van der Waals surface area contributed by atoms with Crippen LogP contribution in [-0.2, 0) is 26.1 Å². The lowest BCUT2D eigenvalue weighted by Crippen LogP contribution is -2.45. The second-order valence-corrected chi connectivity index (χ2v) is 11.4. The average molecular weight is 563 g/mol. The lowest BCUT2D eigenvalue weighted by molar-refractivity contribution is -0.344. The Balaban J connectivity index is 1.41. The van der Waals surface area contributed by atoms with Gasteiger partial charge in [-0.05, 0) is 55.5 Å². The van der Waals surface area contributed by atoms with E-state index in [0.29, 0.717) is 5.69 Å². The van der Waals surface area contributed by atoms with E-state index in [4.69, 9.17) is 0 Å².